The van der Waals surface area contributed by atoms with E-state index in [1.165, 1.54) is 6.20 Å². The molecule has 7 heteroatoms. The normalized spacial score (nSPS) is 15.6. The van der Waals surface area contributed by atoms with Crippen molar-refractivity contribution in [3.63, 3.8) is 0 Å². The highest BCUT2D eigenvalue weighted by molar-refractivity contribution is 6.34. The van der Waals surface area contributed by atoms with Gasteiger partial charge in [-0.1, -0.05) is 23.2 Å². The molecule has 1 aliphatic heterocycles. The Balaban J connectivity index is 1.79. The van der Waals surface area contributed by atoms with Crippen LogP contribution in [0.4, 0.5) is 11.6 Å². The summed E-state index contributed by atoms with van der Waals surface area (Å²) in [5.41, 5.74) is 7.19. The summed E-state index contributed by atoms with van der Waals surface area (Å²) in [7, 11) is 0. The highest BCUT2D eigenvalue weighted by atomic mass is 35.5. The molecule has 2 aromatic heterocycles. The maximum Gasteiger partial charge on any atom is 0.145 e. The van der Waals surface area contributed by atoms with Crippen LogP contribution in [0.25, 0.3) is 11.3 Å². The van der Waals surface area contributed by atoms with Crippen molar-refractivity contribution >= 4 is 34.8 Å². The van der Waals surface area contributed by atoms with Gasteiger partial charge in [0.1, 0.15) is 11.6 Å². The third kappa shape index (κ3) is 4.05. The van der Waals surface area contributed by atoms with Crippen molar-refractivity contribution in [2.75, 3.05) is 30.8 Å². The van der Waals surface area contributed by atoms with Gasteiger partial charge in [0.15, 0.2) is 0 Å². The molecule has 0 atom stereocenters. The van der Waals surface area contributed by atoms with E-state index in [9.17, 15) is 0 Å². The molecule has 0 saturated carbocycles. The Bertz CT molecular complexity index is 690. The first-order chi connectivity index (χ1) is 11.1. The van der Waals surface area contributed by atoms with Gasteiger partial charge in [0.25, 0.3) is 0 Å². The van der Waals surface area contributed by atoms with Crippen molar-refractivity contribution in [1.29, 1.82) is 0 Å². The van der Waals surface area contributed by atoms with E-state index in [0.29, 0.717) is 33.3 Å². The van der Waals surface area contributed by atoms with Gasteiger partial charge in [-0.25, -0.2) is 9.97 Å². The van der Waals surface area contributed by atoms with Crippen molar-refractivity contribution in [2.45, 2.75) is 12.8 Å². The molecule has 0 aromatic carbocycles. The topological polar surface area (TPSA) is 73.1 Å². The predicted octanol–water partition coefficient (Wildman–Crippen LogP) is 3.87. The second kappa shape index (κ2) is 7.34. The van der Waals surface area contributed by atoms with Gasteiger partial charge in [-0.2, -0.15) is 0 Å². The Morgan fingerprint density at radius 3 is 2.78 bits per heavy atom. The van der Waals surface area contributed by atoms with Crippen LogP contribution in [-0.4, -0.2) is 29.7 Å². The number of hydrogen-bond acceptors (Lipinski definition) is 5. The molecule has 5 nitrogen and oxygen atoms in total. The predicted molar refractivity (Wildman–Crippen MR) is 93.9 cm³/mol. The zero-order valence-electron chi connectivity index (χ0n) is 12.6. The first-order valence-corrected chi connectivity index (χ1v) is 8.28. The minimum absolute atomic E-state index is 0.401. The van der Waals surface area contributed by atoms with Crippen molar-refractivity contribution in [2.24, 2.45) is 5.92 Å². The zero-order valence-corrected chi connectivity index (χ0v) is 14.1. The van der Waals surface area contributed by atoms with Crippen molar-refractivity contribution < 1.29 is 4.74 Å². The third-order valence-corrected chi connectivity index (χ3v) is 4.50. The van der Waals surface area contributed by atoms with Crippen LogP contribution in [0.15, 0.2) is 24.4 Å². The van der Waals surface area contributed by atoms with Gasteiger partial charge in [0, 0.05) is 31.5 Å². The molecule has 0 radical (unpaired) electrons. The Morgan fingerprint density at radius 1 is 1.22 bits per heavy atom. The first-order valence-electron chi connectivity index (χ1n) is 7.53. The van der Waals surface area contributed by atoms with Crippen molar-refractivity contribution in [1.82, 2.24) is 9.97 Å². The second-order valence-corrected chi connectivity index (χ2v) is 6.37. The van der Waals surface area contributed by atoms with Crippen LogP contribution in [0.3, 0.4) is 0 Å². The maximum atomic E-state index is 6.25. The monoisotopic (exact) mass is 352 g/mol. The average Bonchev–Trinajstić information content (AvgIpc) is 2.57. The quantitative estimate of drug-likeness (QED) is 0.873. The lowest BCUT2D eigenvalue weighted by atomic mass is 10.0. The third-order valence-electron chi connectivity index (χ3n) is 3.90. The number of nitrogens with zero attached hydrogens (tertiary/aromatic N) is 2. The van der Waals surface area contributed by atoms with E-state index in [1.807, 2.05) is 12.1 Å². The number of nitrogens with one attached hydrogen (secondary N) is 1. The minimum atomic E-state index is 0.401. The van der Waals surface area contributed by atoms with Crippen LogP contribution < -0.4 is 11.1 Å². The molecular weight excluding hydrogens is 335 g/mol. The lowest BCUT2D eigenvalue weighted by molar-refractivity contribution is 0.0699. The van der Waals surface area contributed by atoms with Gasteiger partial charge in [-0.15, -0.1) is 0 Å². The molecule has 23 heavy (non-hydrogen) atoms. The Kier molecular flexibility index (Phi) is 5.20. The number of halogens is 2. The summed E-state index contributed by atoms with van der Waals surface area (Å²) >= 11 is 12.4. The van der Waals surface area contributed by atoms with Crippen LogP contribution in [0, 0.1) is 5.92 Å². The summed E-state index contributed by atoms with van der Waals surface area (Å²) in [5, 5.41) is 4.42. The average molecular weight is 353 g/mol. The van der Waals surface area contributed by atoms with Gasteiger partial charge in [-0.05, 0) is 37.0 Å². The van der Waals surface area contributed by atoms with E-state index < -0.39 is 0 Å². The number of nitrogen functional groups attached to an aromatic ring is 1. The lowest BCUT2D eigenvalue weighted by Crippen LogP contribution is -2.23. The Morgan fingerprint density at radius 2 is 2.00 bits per heavy atom. The molecule has 0 amide bonds. The molecule has 0 aliphatic carbocycles. The summed E-state index contributed by atoms with van der Waals surface area (Å²) < 4.78 is 5.37. The van der Waals surface area contributed by atoms with E-state index in [2.05, 4.69) is 15.3 Å². The standard InChI is InChI=1S/C16H18Cl2N4O/c17-12-1-2-14(11-7-15(19)20-9-13(11)18)22-16(12)21-8-10-3-5-23-6-4-10/h1-2,7,9-10H,3-6,8H2,(H2,19,20)(H,21,22). The van der Waals surface area contributed by atoms with Crippen LogP contribution in [0.2, 0.25) is 10.0 Å². The van der Waals surface area contributed by atoms with Crippen LogP contribution in [0.5, 0.6) is 0 Å². The molecule has 1 fully saturated rings. The van der Waals surface area contributed by atoms with Gasteiger partial charge < -0.3 is 15.8 Å². The molecule has 3 heterocycles. The summed E-state index contributed by atoms with van der Waals surface area (Å²) in [6.45, 7) is 2.46. The highest BCUT2D eigenvalue weighted by Gasteiger charge is 2.15. The molecule has 3 rings (SSSR count). The van der Waals surface area contributed by atoms with Crippen LogP contribution >= 0.6 is 23.2 Å². The van der Waals surface area contributed by atoms with Gasteiger partial charge in [0.05, 0.1) is 15.7 Å². The summed E-state index contributed by atoms with van der Waals surface area (Å²) in [4.78, 5) is 8.55. The fourth-order valence-corrected chi connectivity index (χ4v) is 2.93. The lowest BCUT2D eigenvalue weighted by Gasteiger charge is -2.22. The SMILES string of the molecule is Nc1cc(-c2ccc(Cl)c(NCC3CCOCC3)n2)c(Cl)cn1. The molecule has 0 unspecified atom stereocenters. The molecule has 0 spiro atoms. The van der Waals surface area contributed by atoms with Crippen molar-refractivity contribution in [3.8, 4) is 11.3 Å². The fourth-order valence-electron chi connectivity index (χ4n) is 2.56. The second-order valence-electron chi connectivity index (χ2n) is 5.55. The zero-order chi connectivity index (χ0) is 16.2. The Labute approximate surface area is 145 Å². The molecule has 2 aromatic rings. The minimum Gasteiger partial charge on any atom is -0.384 e. The molecule has 1 saturated heterocycles. The largest absolute Gasteiger partial charge is 0.384 e. The number of aromatic nitrogens is 2. The molecule has 0 bridgehead atoms. The molecular formula is C16H18Cl2N4O. The first kappa shape index (κ1) is 16.3. The molecule has 122 valence electrons. The summed E-state index contributed by atoms with van der Waals surface area (Å²) in [6, 6.07) is 5.34. The molecule has 1 aliphatic rings. The number of pyridine rings is 2. The Hall–Kier alpha value is -1.56. The van der Waals surface area contributed by atoms with Crippen LogP contribution in [-0.2, 0) is 4.74 Å². The number of nitrogens with two attached hydrogens (primary N) is 1. The summed E-state index contributed by atoms with van der Waals surface area (Å²) in [5.74, 6) is 1.63. The van der Waals surface area contributed by atoms with Gasteiger partial charge in [-0.3, -0.25) is 0 Å². The number of hydrogen-bond donors (Lipinski definition) is 2. The van der Waals surface area contributed by atoms with Crippen LogP contribution in [0.1, 0.15) is 12.8 Å². The van der Waals surface area contributed by atoms with Gasteiger partial charge in [0.2, 0.25) is 0 Å². The van der Waals surface area contributed by atoms with E-state index in [0.717, 1.165) is 38.2 Å². The molecule has 3 N–H and O–H groups in total. The van der Waals surface area contributed by atoms with E-state index in [1.54, 1.807) is 6.07 Å². The van der Waals surface area contributed by atoms with E-state index in [-0.39, 0.29) is 0 Å². The number of rotatable bonds is 4. The fraction of sp³-hybridized carbons (Fsp3) is 0.375. The van der Waals surface area contributed by atoms with Crippen molar-refractivity contribution in [3.05, 3.63) is 34.4 Å². The smallest absolute Gasteiger partial charge is 0.145 e. The maximum absolute atomic E-state index is 6.25. The summed E-state index contributed by atoms with van der Waals surface area (Å²) in [6.07, 6.45) is 3.63. The highest BCUT2D eigenvalue weighted by Crippen LogP contribution is 2.30. The van der Waals surface area contributed by atoms with E-state index in [4.69, 9.17) is 33.7 Å². The number of ether oxygens (including phenoxy) is 1. The van der Waals surface area contributed by atoms with Gasteiger partial charge >= 0.3 is 0 Å². The number of anilines is 2. The van der Waals surface area contributed by atoms with E-state index >= 15 is 0 Å².